The van der Waals surface area contributed by atoms with Gasteiger partial charge in [-0.3, -0.25) is 0 Å². The number of rotatable bonds is 4. The summed E-state index contributed by atoms with van der Waals surface area (Å²) in [6.45, 7) is 2.13. The second kappa shape index (κ2) is 5.58. The molecule has 3 aromatic rings. The SMILES string of the molecule is CCCCSc1nc([O-])c2c3ccccc3nc[n+]2n1. The smallest absolute Gasteiger partial charge is 0.312 e. The average Bonchev–Trinajstić information content (AvgIpc) is 2.47. The predicted octanol–water partition coefficient (Wildman–Crippen LogP) is 1.73. The van der Waals surface area contributed by atoms with Gasteiger partial charge < -0.3 is 5.11 Å². The quantitative estimate of drug-likeness (QED) is 0.316. The van der Waals surface area contributed by atoms with E-state index in [1.165, 1.54) is 16.3 Å². The Hall–Kier alpha value is -1.95. The molecule has 0 amide bonds. The minimum absolute atomic E-state index is 0.252. The van der Waals surface area contributed by atoms with Gasteiger partial charge in [0.1, 0.15) is 0 Å². The molecule has 2 heterocycles. The van der Waals surface area contributed by atoms with Gasteiger partial charge in [0.05, 0.1) is 5.39 Å². The summed E-state index contributed by atoms with van der Waals surface area (Å²) in [5, 5.41) is 17.9. The van der Waals surface area contributed by atoms with Gasteiger partial charge in [0, 0.05) is 11.6 Å². The molecular formula is C14H14N4OS. The second-order valence-electron chi connectivity index (χ2n) is 4.46. The van der Waals surface area contributed by atoms with Crippen LogP contribution in [0.3, 0.4) is 0 Å². The van der Waals surface area contributed by atoms with Gasteiger partial charge in [-0.15, -0.1) is 0 Å². The van der Waals surface area contributed by atoms with Gasteiger partial charge in [0.25, 0.3) is 0 Å². The third-order valence-electron chi connectivity index (χ3n) is 3.02. The monoisotopic (exact) mass is 286 g/mol. The molecule has 0 saturated heterocycles. The molecule has 0 N–H and O–H groups in total. The van der Waals surface area contributed by atoms with Crippen LogP contribution in [0.4, 0.5) is 0 Å². The van der Waals surface area contributed by atoms with E-state index in [0.717, 1.165) is 29.5 Å². The maximum atomic E-state index is 12.2. The maximum Gasteiger partial charge on any atom is 0.312 e. The maximum absolute atomic E-state index is 12.2. The van der Waals surface area contributed by atoms with E-state index in [0.29, 0.717) is 10.7 Å². The zero-order chi connectivity index (χ0) is 13.9. The van der Waals surface area contributed by atoms with Crippen LogP contribution >= 0.6 is 11.8 Å². The predicted molar refractivity (Wildman–Crippen MR) is 75.6 cm³/mol. The Balaban J connectivity index is 2.11. The Bertz CT molecular complexity index is 763. The molecule has 0 aliphatic heterocycles. The molecular weight excluding hydrogens is 272 g/mol. The number of benzene rings is 1. The van der Waals surface area contributed by atoms with Crippen molar-refractivity contribution >= 4 is 28.2 Å². The lowest BCUT2D eigenvalue weighted by atomic mass is 10.2. The normalized spacial score (nSPS) is 11.2. The summed E-state index contributed by atoms with van der Waals surface area (Å²) in [6.07, 6.45) is 3.77. The first-order valence-corrected chi connectivity index (χ1v) is 7.55. The highest BCUT2D eigenvalue weighted by molar-refractivity contribution is 7.99. The van der Waals surface area contributed by atoms with E-state index < -0.39 is 0 Å². The van der Waals surface area contributed by atoms with Crippen molar-refractivity contribution in [3.63, 3.8) is 0 Å². The van der Waals surface area contributed by atoms with Crippen molar-refractivity contribution in [1.29, 1.82) is 0 Å². The van der Waals surface area contributed by atoms with E-state index in [-0.39, 0.29) is 5.88 Å². The Morgan fingerprint density at radius 2 is 2.15 bits per heavy atom. The lowest BCUT2D eigenvalue weighted by Gasteiger charge is -2.08. The summed E-state index contributed by atoms with van der Waals surface area (Å²) in [6, 6.07) is 7.52. The third-order valence-corrected chi connectivity index (χ3v) is 3.94. The molecule has 5 nitrogen and oxygen atoms in total. The fraction of sp³-hybridized carbons (Fsp3) is 0.286. The minimum Gasteiger partial charge on any atom is -0.856 e. The topological polar surface area (TPSA) is 65.8 Å². The highest BCUT2D eigenvalue weighted by atomic mass is 32.2. The number of hydrogen-bond acceptors (Lipinski definition) is 5. The fourth-order valence-corrected chi connectivity index (χ4v) is 2.91. The molecule has 0 aliphatic rings. The van der Waals surface area contributed by atoms with Crippen LogP contribution in [0.15, 0.2) is 35.7 Å². The van der Waals surface area contributed by atoms with Crippen LogP contribution in [-0.2, 0) is 0 Å². The minimum atomic E-state index is -0.252. The van der Waals surface area contributed by atoms with E-state index in [4.69, 9.17) is 0 Å². The van der Waals surface area contributed by atoms with Crippen molar-refractivity contribution in [2.24, 2.45) is 0 Å². The van der Waals surface area contributed by atoms with Crippen LogP contribution in [0.1, 0.15) is 19.8 Å². The van der Waals surface area contributed by atoms with Crippen molar-refractivity contribution < 1.29 is 9.62 Å². The van der Waals surface area contributed by atoms with Gasteiger partial charge in [-0.05, 0) is 23.5 Å². The van der Waals surface area contributed by atoms with Crippen LogP contribution in [-0.4, -0.2) is 20.8 Å². The van der Waals surface area contributed by atoms with Gasteiger partial charge >= 0.3 is 6.33 Å². The van der Waals surface area contributed by atoms with Crippen LogP contribution < -0.4 is 9.62 Å². The number of para-hydroxylation sites is 1. The van der Waals surface area contributed by atoms with Crippen LogP contribution in [0, 0.1) is 0 Å². The molecule has 0 unspecified atom stereocenters. The molecule has 0 fully saturated rings. The summed E-state index contributed by atoms with van der Waals surface area (Å²) in [5.41, 5.74) is 1.26. The Morgan fingerprint density at radius 1 is 1.30 bits per heavy atom. The zero-order valence-electron chi connectivity index (χ0n) is 11.1. The first-order chi connectivity index (χ1) is 9.79. The first-order valence-electron chi connectivity index (χ1n) is 6.57. The van der Waals surface area contributed by atoms with Gasteiger partial charge in [-0.25, -0.2) is 4.98 Å². The Labute approximate surface area is 120 Å². The highest BCUT2D eigenvalue weighted by Gasteiger charge is 2.12. The number of nitrogens with zero attached hydrogens (tertiary/aromatic N) is 4. The Kier molecular flexibility index (Phi) is 3.64. The highest BCUT2D eigenvalue weighted by Crippen LogP contribution is 2.21. The number of aromatic nitrogens is 4. The summed E-state index contributed by atoms with van der Waals surface area (Å²) in [7, 11) is 0. The van der Waals surface area contributed by atoms with Crippen molar-refractivity contribution in [2.75, 3.05) is 5.75 Å². The van der Waals surface area contributed by atoms with E-state index in [1.54, 1.807) is 6.33 Å². The molecule has 0 spiro atoms. The van der Waals surface area contributed by atoms with Crippen LogP contribution in [0.5, 0.6) is 5.88 Å². The number of thioether (sulfide) groups is 1. The molecule has 0 bridgehead atoms. The molecule has 20 heavy (non-hydrogen) atoms. The van der Waals surface area contributed by atoms with Gasteiger partial charge in [-0.1, -0.05) is 46.9 Å². The fourth-order valence-electron chi connectivity index (χ4n) is 2.00. The number of hydrogen-bond donors (Lipinski definition) is 0. The summed E-state index contributed by atoms with van der Waals surface area (Å²) < 4.78 is 1.53. The summed E-state index contributed by atoms with van der Waals surface area (Å²) >= 11 is 1.51. The van der Waals surface area contributed by atoms with E-state index in [9.17, 15) is 5.11 Å². The molecule has 1 aromatic carbocycles. The van der Waals surface area contributed by atoms with Crippen molar-refractivity contribution in [3.05, 3.63) is 30.6 Å². The van der Waals surface area contributed by atoms with Gasteiger partial charge in [0.2, 0.25) is 5.16 Å². The largest absolute Gasteiger partial charge is 0.856 e. The van der Waals surface area contributed by atoms with E-state index in [2.05, 4.69) is 22.0 Å². The summed E-state index contributed by atoms with van der Waals surface area (Å²) in [4.78, 5) is 8.38. The molecule has 2 aromatic heterocycles. The Morgan fingerprint density at radius 3 is 3.00 bits per heavy atom. The van der Waals surface area contributed by atoms with E-state index in [1.807, 2.05) is 24.3 Å². The lowest BCUT2D eigenvalue weighted by Crippen LogP contribution is -2.30. The molecule has 0 radical (unpaired) electrons. The first kappa shape index (κ1) is 13.1. The lowest BCUT2D eigenvalue weighted by molar-refractivity contribution is -0.591. The standard InChI is InChI=1S/C14H14N4OS/c1-2-3-8-20-14-16-13(19)12-10-6-4-5-7-11(10)15-9-18(12)17-14/h4-7,9H,2-3,8H2,1H3. The van der Waals surface area contributed by atoms with Gasteiger partial charge in [-0.2, -0.15) is 0 Å². The number of fused-ring (bicyclic) bond motifs is 3. The zero-order valence-corrected chi connectivity index (χ0v) is 11.9. The van der Waals surface area contributed by atoms with Crippen molar-refractivity contribution in [3.8, 4) is 5.88 Å². The average molecular weight is 286 g/mol. The van der Waals surface area contributed by atoms with Crippen LogP contribution in [0.2, 0.25) is 0 Å². The molecule has 3 rings (SSSR count). The van der Waals surface area contributed by atoms with Crippen molar-refractivity contribution in [1.82, 2.24) is 15.1 Å². The number of unbranched alkanes of at least 4 members (excludes halogenated alkanes) is 1. The summed E-state index contributed by atoms with van der Waals surface area (Å²) in [5.74, 6) is 0.667. The third kappa shape index (κ3) is 2.38. The molecule has 0 aliphatic carbocycles. The molecule has 6 heteroatoms. The molecule has 0 atom stereocenters. The molecule has 102 valence electrons. The van der Waals surface area contributed by atoms with Crippen LogP contribution in [0.25, 0.3) is 16.4 Å². The second-order valence-corrected chi connectivity index (χ2v) is 5.52. The van der Waals surface area contributed by atoms with Crippen molar-refractivity contribution in [2.45, 2.75) is 24.9 Å². The molecule has 0 saturated carbocycles. The van der Waals surface area contributed by atoms with Gasteiger partial charge in [0.15, 0.2) is 11.0 Å². The van der Waals surface area contributed by atoms with E-state index >= 15 is 0 Å².